The Bertz CT molecular complexity index is 1290. The monoisotopic (exact) mass is 497 g/mol. The van der Waals surface area contributed by atoms with Crippen molar-refractivity contribution >= 4 is 17.4 Å². The van der Waals surface area contributed by atoms with E-state index in [4.69, 9.17) is 4.74 Å². The Kier molecular flexibility index (Phi) is 6.02. The Morgan fingerprint density at radius 3 is 2.38 bits per heavy atom. The van der Waals surface area contributed by atoms with Crippen LogP contribution in [0.4, 0.5) is 22.4 Å². The number of hydrogen-bond acceptors (Lipinski definition) is 5. The fourth-order valence-corrected chi connectivity index (χ4v) is 3.99. The molecule has 1 aromatic heterocycles. The number of rotatable bonds is 4. The SMILES string of the molecule is COc1ccc(CN(C)C(=O)/N=c2\sc(C)cn2-c2ccc3c(c2)OC(F)(F)C(F)(F)O3)cc1. The lowest BCUT2D eigenvalue weighted by atomic mass is 10.2. The van der Waals surface area contributed by atoms with Gasteiger partial charge in [0.05, 0.1) is 12.8 Å². The van der Waals surface area contributed by atoms with E-state index in [1.54, 1.807) is 39.4 Å². The first-order chi connectivity index (χ1) is 16.0. The van der Waals surface area contributed by atoms with Crippen LogP contribution in [0.3, 0.4) is 0 Å². The molecule has 0 bridgehead atoms. The highest BCUT2D eigenvalue weighted by Crippen LogP contribution is 2.47. The van der Waals surface area contributed by atoms with Gasteiger partial charge in [0.15, 0.2) is 16.3 Å². The number of carbonyl (C=O) groups excluding carboxylic acids is 1. The van der Waals surface area contributed by atoms with E-state index < -0.39 is 29.7 Å². The van der Waals surface area contributed by atoms with Gasteiger partial charge in [0, 0.05) is 30.7 Å². The summed E-state index contributed by atoms with van der Waals surface area (Å²) in [6.07, 6.45) is -7.99. The average Bonchev–Trinajstić information content (AvgIpc) is 3.14. The molecule has 0 saturated carbocycles. The van der Waals surface area contributed by atoms with E-state index in [2.05, 4.69) is 14.5 Å². The van der Waals surface area contributed by atoms with Crippen LogP contribution in [0.2, 0.25) is 0 Å². The standard InChI is InChI=1S/C22H19F4N3O4S/c1-13-11-29(15-6-9-17-18(10-15)33-22(25,26)21(23,24)32-17)20(34-13)27-19(30)28(2)12-14-4-7-16(31-3)8-5-14/h4-11H,12H2,1-3H3/b27-20-. The first kappa shape index (κ1) is 23.6. The number of thiazole rings is 1. The molecule has 3 aromatic rings. The van der Waals surface area contributed by atoms with Crippen molar-refractivity contribution in [1.82, 2.24) is 9.47 Å². The van der Waals surface area contributed by atoms with Crippen LogP contribution in [0.1, 0.15) is 10.4 Å². The fraction of sp³-hybridized carbons (Fsp3) is 0.273. The highest BCUT2D eigenvalue weighted by molar-refractivity contribution is 7.09. The number of amides is 2. The largest absolute Gasteiger partial charge is 0.507 e. The summed E-state index contributed by atoms with van der Waals surface area (Å²) in [5.74, 6) is -0.391. The molecule has 0 saturated heterocycles. The van der Waals surface area contributed by atoms with Crippen LogP contribution >= 0.6 is 11.3 Å². The van der Waals surface area contributed by atoms with Crippen LogP contribution in [0.15, 0.2) is 53.7 Å². The Morgan fingerprint density at radius 1 is 1.09 bits per heavy atom. The Morgan fingerprint density at radius 2 is 1.74 bits per heavy atom. The summed E-state index contributed by atoms with van der Waals surface area (Å²) in [4.78, 5) is 19.3. The molecule has 4 rings (SSSR count). The maximum atomic E-state index is 13.6. The van der Waals surface area contributed by atoms with Crippen molar-refractivity contribution < 1.29 is 36.6 Å². The van der Waals surface area contributed by atoms with Gasteiger partial charge in [-0.25, -0.2) is 4.79 Å². The number of aromatic nitrogens is 1. The molecular formula is C22H19F4N3O4S. The van der Waals surface area contributed by atoms with Gasteiger partial charge in [0.25, 0.3) is 0 Å². The van der Waals surface area contributed by atoms with Crippen molar-refractivity contribution in [1.29, 1.82) is 0 Å². The van der Waals surface area contributed by atoms with Gasteiger partial charge in [0.2, 0.25) is 0 Å². The highest BCUT2D eigenvalue weighted by atomic mass is 32.1. The molecule has 0 unspecified atom stereocenters. The van der Waals surface area contributed by atoms with Gasteiger partial charge < -0.3 is 19.1 Å². The summed E-state index contributed by atoms with van der Waals surface area (Å²) in [5.41, 5.74) is 1.14. The molecule has 2 amide bonds. The predicted molar refractivity (Wildman–Crippen MR) is 115 cm³/mol. The van der Waals surface area contributed by atoms with E-state index >= 15 is 0 Å². The summed E-state index contributed by atoms with van der Waals surface area (Å²) in [5, 5.41) is 0. The summed E-state index contributed by atoms with van der Waals surface area (Å²) in [7, 11) is 3.15. The maximum absolute atomic E-state index is 13.6. The normalized spacial score (nSPS) is 16.3. The van der Waals surface area contributed by atoms with Crippen molar-refractivity contribution in [2.45, 2.75) is 25.7 Å². The van der Waals surface area contributed by atoms with Crippen molar-refractivity contribution in [2.24, 2.45) is 4.99 Å². The molecule has 34 heavy (non-hydrogen) atoms. The third-order valence-corrected chi connectivity index (χ3v) is 5.78. The first-order valence-corrected chi connectivity index (χ1v) is 10.7. The minimum atomic E-state index is -4.83. The quantitative estimate of drug-likeness (QED) is 0.478. The van der Waals surface area contributed by atoms with Crippen molar-refractivity contribution in [3.8, 4) is 22.9 Å². The van der Waals surface area contributed by atoms with Crippen LogP contribution in [0.25, 0.3) is 5.69 Å². The number of hydrogen-bond donors (Lipinski definition) is 0. The van der Waals surface area contributed by atoms with Gasteiger partial charge in [-0.05, 0) is 36.8 Å². The van der Waals surface area contributed by atoms with E-state index in [1.807, 2.05) is 12.1 Å². The Hall–Kier alpha value is -3.54. The van der Waals surface area contributed by atoms with E-state index in [0.717, 1.165) is 22.6 Å². The molecule has 0 fully saturated rings. The number of benzene rings is 2. The number of ether oxygens (including phenoxy) is 3. The van der Waals surface area contributed by atoms with Gasteiger partial charge in [0.1, 0.15) is 5.75 Å². The molecule has 0 N–H and O–H groups in total. The summed E-state index contributed by atoms with van der Waals surface area (Å²) in [6.45, 7) is 2.07. The second kappa shape index (κ2) is 8.67. The first-order valence-electron chi connectivity index (χ1n) is 9.89. The molecule has 1 aliphatic heterocycles. The number of alkyl halides is 4. The predicted octanol–water partition coefficient (Wildman–Crippen LogP) is 4.97. The van der Waals surface area contributed by atoms with Crippen LogP contribution in [0.5, 0.6) is 17.2 Å². The number of halogens is 4. The fourth-order valence-electron chi connectivity index (χ4n) is 3.16. The molecule has 2 heterocycles. The summed E-state index contributed by atoms with van der Waals surface area (Å²) >= 11 is 1.20. The lowest BCUT2D eigenvalue weighted by Gasteiger charge is -2.31. The van der Waals surface area contributed by atoms with E-state index in [-0.39, 0.29) is 10.5 Å². The number of methoxy groups -OCH3 is 1. The average molecular weight is 497 g/mol. The summed E-state index contributed by atoms with van der Waals surface area (Å²) < 4.78 is 68.9. The topological polar surface area (TPSA) is 65.3 Å². The molecule has 12 heteroatoms. The second-order valence-electron chi connectivity index (χ2n) is 7.46. The molecule has 180 valence electrons. The third-order valence-electron chi connectivity index (χ3n) is 4.89. The van der Waals surface area contributed by atoms with Gasteiger partial charge in [-0.1, -0.05) is 12.1 Å². The molecule has 0 spiro atoms. The van der Waals surface area contributed by atoms with E-state index in [1.165, 1.54) is 26.9 Å². The van der Waals surface area contributed by atoms with Gasteiger partial charge in [-0.15, -0.1) is 11.3 Å². The number of nitrogens with zero attached hydrogens (tertiary/aromatic N) is 3. The van der Waals surface area contributed by atoms with Crippen LogP contribution in [-0.4, -0.2) is 41.9 Å². The number of aryl methyl sites for hydroxylation is 1. The van der Waals surface area contributed by atoms with E-state index in [0.29, 0.717) is 12.3 Å². The number of carbonyl (C=O) groups is 1. The summed E-state index contributed by atoms with van der Waals surface area (Å²) in [6, 6.07) is 10.3. The van der Waals surface area contributed by atoms with Crippen LogP contribution in [-0.2, 0) is 6.54 Å². The van der Waals surface area contributed by atoms with Crippen LogP contribution < -0.4 is 19.0 Å². The minimum absolute atomic E-state index is 0.262. The third kappa shape index (κ3) is 4.58. The molecular weight excluding hydrogens is 478 g/mol. The molecule has 7 nitrogen and oxygen atoms in total. The molecule has 2 aromatic carbocycles. The van der Waals surface area contributed by atoms with E-state index in [9.17, 15) is 22.4 Å². The molecule has 0 aliphatic carbocycles. The maximum Gasteiger partial charge on any atom is 0.507 e. The van der Waals surface area contributed by atoms with Gasteiger partial charge in [-0.2, -0.15) is 22.6 Å². The Labute approximate surface area is 195 Å². The molecule has 0 atom stereocenters. The smallest absolute Gasteiger partial charge is 0.497 e. The van der Waals surface area contributed by atoms with Crippen molar-refractivity contribution in [3.63, 3.8) is 0 Å². The molecule has 1 aliphatic rings. The zero-order valence-corrected chi connectivity index (χ0v) is 19.0. The van der Waals surface area contributed by atoms with Crippen molar-refractivity contribution in [3.05, 3.63) is 63.9 Å². The number of urea groups is 1. The lowest BCUT2D eigenvalue weighted by molar-refractivity contribution is -0.391. The molecule has 0 radical (unpaired) electrons. The zero-order valence-electron chi connectivity index (χ0n) is 18.2. The van der Waals surface area contributed by atoms with Gasteiger partial charge >= 0.3 is 18.2 Å². The number of fused-ring (bicyclic) bond motifs is 1. The van der Waals surface area contributed by atoms with Gasteiger partial charge in [-0.3, -0.25) is 4.57 Å². The lowest BCUT2D eigenvalue weighted by Crippen LogP contribution is -2.52. The second-order valence-corrected chi connectivity index (χ2v) is 8.67. The highest BCUT2D eigenvalue weighted by Gasteiger charge is 2.65. The zero-order chi connectivity index (χ0) is 24.7. The van der Waals surface area contributed by atoms with Crippen molar-refractivity contribution in [2.75, 3.05) is 14.2 Å². The minimum Gasteiger partial charge on any atom is -0.497 e. The Balaban J connectivity index is 1.61. The van der Waals surface area contributed by atoms with Crippen LogP contribution in [0, 0.1) is 6.92 Å².